The van der Waals surface area contributed by atoms with Crippen molar-refractivity contribution in [3.8, 4) is 0 Å². The van der Waals surface area contributed by atoms with Crippen LogP contribution in [0.3, 0.4) is 0 Å². The van der Waals surface area contributed by atoms with E-state index in [4.69, 9.17) is 4.52 Å². The zero-order chi connectivity index (χ0) is 28.5. The molecule has 1 fully saturated rings. The topological polar surface area (TPSA) is 92.5 Å². The molecule has 1 N–H and O–H groups in total. The molecule has 7 nitrogen and oxygen atoms in total. The number of para-hydroxylation sites is 1. The van der Waals surface area contributed by atoms with Crippen molar-refractivity contribution in [2.75, 3.05) is 18.4 Å². The molecule has 0 unspecified atom stereocenters. The number of hydrogen-bond donors (Lipinski definition) is 1. The lowest BCUT2D eigenvalue weighted by atomic mass is 9.97. The van der Waals surface area contributed by atoms with Crippen LogP contribution in [0.5, 0.6) is 0 Å². The zero-order valence-corrected chi connectivity index (χ0v) is 22.9. The highest BCUT2D eigenvalue weighted by molar-refractivity contribution is 7.89. The summed E-state index contributed by atoms with van der Waals surface area (Å²) in [6.45, 7) is 7.58. The van der Waals surface area contributed by atoms with Crippen LogP contribution < -0.4 is 5.32 Å². The molecule has 1 amide bonds. The van der Waals surface area contributed by atoms with Crippen LogP contribution in [0, 0.1) is 33.6 Å². The number of benzene rings is 2. The molecule has 0 saturated carbocycles. The van der Waals surface area contributed by atoms with E-state index in [1.54, 1.807) is 19.1 Å². The van der Waals surface area contributed by atoms with Crippen molar-refractivity contribution in [3.05, 3.63) is 75.7 Å². The molecular formula is C28H30F3N3O4S. The molecule has 0 spiro atoms. The SMILES string of the molecule is Cc1cc(C)c(/C=C/c2onc(C)c2S(=O)(=O)N2CCC(C(=O)Nc3ccccc3C(F)(F)F)CC2)c(C)c1. The van der Waals surface area contributed by atoms with Crippen LogP contribution in [-0.2, 0) is 21.0 Å². The average Bonchev–Trinajstić information content (AvgIpc) is 3.24. The average molecular weight is 562 g/mol. The fourth-order valence-electron chi connectivity index (χ4n) is 4.97. The Morgan fingerprint density at radius 3 is 2.28 bits per heavy atom. The molecule has 2 heterocycles. The smallest absolute Gasteiger partial charge is 0.355 e. The molecule has 1 aliphatic rings. The van der Waals surface area contributed by atoms with Crippen LogP contribution in [-0.4, -0.2) is 36.9 Å². The largest absolute Gasteiger partial charge is 0.418 e. The van der Waals surface area contributed by atoms with Gasteiger partial charge in [0.2, 0.25) is 15.9 Å². The summed E-state index contributed by atoms with van der Waals surface area (Å²) in [6.07, 6.45) is -0.887. The first-order valence-corrected chi connectivity index (χ1v) is 13.9. The monoisotopic (exact) mass is 561 g/mol. The van der Waals surface area contributed by atoms with Crippen LogP contribution in [0.1, 0.15) is 52.1 Å². The third kappa shape index (κ3) is 6.09. The third-order valence-electron chi connectivity index (χ3n) is 6.89. The molecule has 2 aromatic carbocycles. The number of hydrogen-bond acceptors (Lipinski definition) is 5. The first-order chi connectivity index (χ1) is 18.3. The molecule has 208 valence electrons. The van der Waals surface area contributed by atoms with Crippen LogP contribution in [0.4, 0.5) is 18.9 Å². The number of rotatable bonds is 6. The summed E-state index contributed by atoms with van der Waals surface area (Å²) in [7, 11) is -4.00. The van der Waals surface area contributed by atoms with Gasteiger partial charge in [-0.05, 0) is 75.4 Å². The van der Waals surface area contributed by atoms with Crippen molar-refractivity contribution < 1.29 is 30.9 Å². The van der Waals surface area contributed by atoms with E-state index in [1.807, 2.05) is 32.9 Å². The van der Waals surface area contributed by atoms with Crippen molar-refractivity contribution in [2.45, 2.75) is 51.6 Å². The standard InChI is InChI=1S/C28H30F3N3O4S/c1-17-15-18(2)22(19(3)16-17)9-10-25-26(20(4)33-38-25)39(36,37)34-13-11-21(12-14-34)27(35)32-24-8-6-5-7-23(24)28(29,30)31/h5-10,15-16,21H,11-14H2,1-4H3,(H,32,35)/b10-9+. The molecule has 39 heavy (non-hydrogen) atoms. The maximum atomic E-state index is 13.6. The van der Waals surface area contributed by atoms with E-state index in [1.165, 1.54) is 22.5 Å². The molecule has 3 aromatic rings. The Hall–Kier alpha value is -3.44. The molecule has 1 aromatic heterocycles. The number of anilines is 1. The Bertz CT molecular complexity index is 1500. The number of sulfonamides is 1. The summed E-state index contributed by atoms with van der Waals surface area (Å²) < 4.78 is 73.6. The molecule has 11 heteroatoms. The normalized spacial score (nSPS) is 15.7. The summed E-state index contributed by atoms with van der Waals surface area (Å²) in [4.78, 5) is 12.7. The quantitative estimate of drug-likeness (QED) is 0.391. The number of halogens is 3. The van der Waals surface area contributed by atoms with Gasteiger partial charge in [-0.1, -0.05) is 41.1 Å². The van der Waals surface area contributed by atoms with Crippen molar-refractivity contribution >= 4 is 33.8 Å². The van der Waals surface area contributed by atoms with Gasteiger partial charge < -0.3 is 9.84 Å². The van der Waals surface area contributed by atoms with Gasteiger partial charge in [0.1, 0.15) is 5.69 Å². The Morgan fingerprint density at radius 2 is 1.67 bits per heavy atom. The van der Waals surface area contributed by atoms with Crippen molar-refractivity contribution in [3.63, 3.8) is 0 Å². The number of carbonyl (C=O) groups excluding carboxylic acids is 1. The van der Waals surface area contributed by atoms with Gasteiger partial charge in [0, 0.05) is 19.0 Å². The number of piperidine rings is 1. The van der Waals surface area contributed by atoms with Gasteiger partial charge in [-0.2, -0.15) is 17.5 Å². The van der Waals surface area contributed by atoms with E-state index >= 15 is 0 Å². The van der Waals surface area contributed by atoms with Crippen LogP contribution >= 0.6 is 0 Å². The van der Waals surface area contributed by atoms with E-state index in [0.29, 0.717) is 0 Å². The molecule has 4 rings (SSSR count). The molecule has 1 aliphatic heterocycles. The number of amides is 1. The lowest BCUT2D eigenvalue weighted by Gasteiger charge is -2.30. The molecule has 0 aliphatic carbocycles. The predicted octanol–water partition coefficient (Wildman–Crippen LogP) is 6.14. The second-order valence-electron chi connectivity index (χ2n) is 9.82. The molecule has 0 radical (unpaired) electrons. The third-order valence-corrected chi connectivity index (χ3v) is 8.94. The summed E-state index contributed by atoms with van der Waals surface area (Å²) in [5, 5.41) is 6.25. The Labute approximate surface area is 225 Å². The molecule has 0 bridgehead atoms. The number of nitrogens with zero attached hydrogens (tertiary/aromatic N) is 2. The minimum Gasteiger partial charge on any atom is -0.355 e. The van der Waals surface area contributed by atoms with E-state index in [9.17, 15) is 26.4 Å². The molecular weight excluding hydrogens is 531 g/mol. The van der Waals surface area contributed by atoms with E-state index < -0.39 is 33.6 Å². The number of nitrogens with one attached hydrogen (secondary N) is 1. The summed E-state index contributed by atoms with van der Waals surface area (Å²) in [5.41, 5.74) is 3.14. The maximum Gasteiger partial charge on any atom is 0.418 e. The first-order valence-electron chi connectivity index (χ1n) is 12.5. The molecule has 1 saturated heterocycles. The van der Waals surface area contributed by atoms with Crippen molar-refractivity contribution in [2.24, 2.45) is 5.92 Å². The molecule has 0 atom stereocenters. The van der Waals surface area contributed by atoms with Gasteiger partial charge in [-0.3, -0.25) is 4.79 Å². The Balaban J connectivity index is 1.48. The second-order valence-corrected chi connectivity index (χ2v) is 11.7. The lowest BCUT2D eigenvalue weighted by molar-refractivity contribution is -0.137. The van der Waals surface area contributed by atoms with Gasteiger partial charge in [0.25, 0.3) is 0 Å². The van der Waals surface area contributed by atoms with E-state index in [2.05, 4.69) is 10.5 Å². The van der Waals surface area contributed by atoms with Crippen molar-refractivity contribution in [1.82, 2.24) is 9.46 Å². The second kappa shape index (κ2) is 11.0. The van der Waals surface area contributed by atoms with Crippen LogP contribution in [0.2, 0.25) is 0 Å². The summed E-state index contributed by atoms with van der Waals surface area (Å²) >= 11 is 0. The summed E-state index contributed by atoms with van der Waals surface area (Å²) in [6, 6.07) is 8.84. The number of carbonyl (C=O) groups is 1. The predicted molar refractivity (Wildman–Crippen MR) is 142 cm³/mol. The minimum atomic E-state index is -4.61. The van der Waals surface area contributed by atoms with Gasteiger partial charge in [0.05, 0.1) is 11.3 Å². The highest BCUT2D eigenvalue weighted by atomic mass is 32.2. The minimum absolute atomic E-state index is 0.0330. The summed E-state index contributed by atoms with van der Waals surface area (Å²) in [5.74, 6) is -1.10. The zero-order valence-electron chi connectivity index (χ0n) is 22.1. The van der Waals surface area contributed by atoms with E-state index in [0.717, 1.165) is 28.3 Å². The fourth-order valence-corrected chi connectivity index (χ4v) is 6.69. The van der Waals surface area contributed by atoms with Gasteiger partial charge in [0.15, 0.2) is 10.7 Å². The first kappa shape index (κ1) is 28.6. The van der Waals surface area contributed by atoms with E-state index in [-0.39, 0.29) is 48.0 Å². The maximum absolute atomic E-state index is 13.6. The number of aryl methyl sites for hydroxylation is 4. The lowest BCUT2D eigenvalue weighted by Crippen LogP contribution is -2.41. The number of alkyl halides is 3. The highest BCUT2D eigenvalue weighted by Gasteiger charge is 2.37. The van der Waals surface area contributed by atoms with Gasteiger partial charge in [-0.25, -0.2) is 8.42 Å². The fraction of sp³-hybridized carbons (Fsp3) is 0.357. The number of aromatic nitrogens is 1. The van der Waals surface area contributed by atoms with Gasteiger partial charge >= 0.3 is 6.18 Å². The highest BCUT2D eigenvalue weighted by Crippen LogP contribution is 2.35. The van der Waals surface area contributed by atoms with Crippen LogP contribution in [0.15, 0.2) is 45.8 Å². The van der Waals surface area contributed by atoms with Gasteiger partial charge in [-0.15, -0.1) is 0 Å². The Morgan fingerprint density at radius 1 is 1.05 bits per heavy atom. The van der Waals surface area contributed by atoms with Crippen LogP contribution in [0.25, 0.3) is 12.2 Å². The van der Waals surface area contributed by atoms with Crippen molar-refractivity contribution in [1.29, 1.82) is 0 Å². The Kier molecular flexibility index (Phi) is 8.04.